The number of piperidine rings is 1. The number of nitrogens with zero attached hydrogens (tertiary/aromatic N) is 1. The van der Waals surface area contributed by atoms with Gasteiger partial charge in [-0.25, -0.2) is 8.42 Å². The van der Waals surface area contributed by atoms with Crippen LogP contribution in [0.25, 0.3) is 0 Å². The van der Waals surface area contributed by atoms with Gasteiger partial charge in [-0.15, -0.1) is 0 Å². The highest BCUT2D eigenvalue weighted by atomic mass is 32.2. The number of hydrogen-bond donors (Lipinski definition) is 1. The Morgan fingerprint density at radius 3 is 2.35 bits per heavy atom. The average Bonchev–Trinajstić information content (AvgIpc) is 3.12. The number of nitrogens with one attached hydrogen (secondary N) is 1. The highest BCUT2D eigenvalue weighted by Crippen LogP contribution is 2.20. The van der Waals surface area contributed by atoms with Gasteiger partial charge in [-0.2, -0.15) is 0 Å². The van der Waals surface area contributed by atoms with Crippen molar-refractivity contribution in [2.24, 2.45) is 0 Å². The molecule has 2 heterocycles. The van der Waals surface area contributed by atoms with Gasteiger partial charge in [-0.05, 0) is 55.5 Å². The molecular formula is C24H30N2O4S. The van der Waals surface area contributed by atoms with Crippen LogP contribution >= 0.6 is 0 Å². The molecule has 31 heavy (non-hydrogen) atoms. The quantitative estimate of drug-likeness (QED) is 0.714. The van der Waals surface area contributed by atoms with E-state index < -0.39 is 9.84 Å². The molecule has 2 aromatic rings. The summed E-state index contributed by atoms with van der Waals surface area (Å²) in [6.07, 6.45) is 3.74. The second-order valence-corrected chi connectivity index (χ2v) is 10.7. The third-order valence-electron chi connectivity index (χ3n) is 6.08. The maximum Gasteiger partial charge on any atom is 0.251 e. The Morgan fingerprint density at radius 2 is 1.71 bits per heavy atom. The summed E-state index contributed by atoms with van der Waals surface area (Å²) in [6.45, 7) is 3.13. The van der Waals surface area contributed by atoms with Crippen molar-refractivity contribution in [2.75, 3.05) is 31.1 Å². The average molecular weight is 443 g/mol. The van der Waals surface area contributed by atoms with Crippen molar-refractivity contribution in [1.82, 2.24) is 10.2 Å². The van der Waals surface area contributed by atoms with E-state index in [0.717, 1.165) is 44.6 Å². The zero-order valence-corrected chi connectivity index (χ0v) is 18.5. The van der Waals surface area contributed by atoms with Gasteiger partial charge in [0.05, 0.1) is 11.5 Å². The third kappa shape index (κ3) is 6.31. The molecule has 6 nitrogen and oxygen atoms in total. The van der Waals surface area contributed by atoms with E-state index in [1.165, 1.54) is 5.56 Å². The highest BCUT2D eigenvalue weighted by molar-refractivity contribution is 7.91. The number of rotatable bonds is 7. The molecule has 2 aliphatic rings. The van der Waals surface area contributed by atoms with Crippen LogP contribution in [-0.4, -0.2) is 62.5 Å². The van der Waals surface area contributed by atoms with E-state index in [9.17, 15) is 13.2 Å². The number of amides is 1. The Morgan fingerprint density at radius 1 is 1.00 bits per heavy atom. The molecule has 0 unspecified atom stereocenters. The van der Waals surface area contributed by atoms with E-state index in [4.69, 9.17) is 4.74 Å². The van der Waals surface area contributed by atoms with Crippen LogP contribution in [0.15, 0.2) is 54.6 Å². The number of ether oxygens (including phenoxy) is 1. The largest absolute Gasteiger partial charge is 0.490 e. The third-order valence-corrected chi connectivity index (χ3v) is 7.85. The SMILES string of the molecule is O=C(N[C@@H]1CCS(=O)(=O)C1)c1ccc(OC2CCN(CCc3ccccc3)CC2)cc1. The molecule has 0 saturated carbocycles. The summed E-state index contributed by atoms with van der Waals surface area (Å²) in [6, 6.07) is 17.4. The minimum absolute atomic E-state index is 0.0317. The minimum Gasteiger partial charge on any atom is -0.490 e. The first-order valence-electron chi connectivity index (χ1n) is 11.0. The van der Waals surface area contributed by atoms with E-state index >= 15 is 0 Å². The van der Waals surface area contributed by atoms with Crippen LogP contribution in [0.2, 0.25) is 0 Å². The molecule has 1 atom stereocenters. The summed E-state index contributed by atoms with van der Waals surface area (Å²) in [5.74, 6) is 0.711. The van der Waals surface area contributed by atoms with Crippen molar-refractivity contribution in [2.45, 2.75) is 37.8 Å². The first-order valence-corrected chi connectivity index (χ1v) is 12.8. The van der Waals surface area contributed by atoms with Crippen LogP contribution in [0.1, 0.15) is 35.2 Å². The Hall–Kier alpha value is -2.38. The molecular weight excluding hydrogens is 412 g/mol. The summed E-state index contributed by atoms with van der Waals surface area (Å²) < 4.78 is 29.2. The molecule has 0 aromatic heterocycles. The van der Waals surface area contributed by atoms with Crippen LogP contribution < -0.4 is 10.1 Å². The molecule has 0 radical (unpaired) electrons. The first kappa shape index (κ1) is 21.8. The topological polar surface area (TPSA) is 75.7 Å². The lowest BCUT2D eigenvalue weighted by Crippen LogP contribution is -2.39. The fraction of sp³-hybridized carbons (Fsp3) is 0.458. The molecule has 2 fully saturated rings. The van der Waals surface area contributed by atoms with E-state index in [0.29, 0.717) is 12.0 Å². The van der Waals surface area contributed by atoms with Crippen molar-refractivity contribution in [3.8, 4) is 5.75 Å². The fourth-order valence-corrected chi connectivity index (χ4v) is 5.91. The van der Waals surface area contributed by atoms with Crippen molar-refractivity contribution in [3.05, 3.63) is 65.7 Å². The zero-order chi connectivity index (χ0) is 21.7. The fourth-order valence-electron chi connectivity index (χ4n) is 4.24. The van der Waals surface area contributed by atoms with E-state index in [1.807, 2.05) is 18.2 Å². The molecule has 7 heteroatoms. The summed E-state index contributed by atoms with van der Waals surface area (Å²) in [4.78, 5) is 14.9. The monoisotopic (exact) mass is 442 g/mol. The summed E-state index contributed by atoms with van der Waals surface area (Å²) >= 11 is 0. The number of likely N-dealkylation sites (tertiary alicyclic amines) is 1. The van der Waals surface area contributed by atoms with Gasteiger partial charge >= 0.3 is 0 Å². The van der Waals surface area contributed by atoms with Crippen LogP contribution in [-0.2, 0) is 16.3 Å². The number of carbonyl (C=O) groups is 1. The van der Waals surface area contributed by atoms with E-state index in [-0.39, 0.29) is 29.6 Å². The van der Waals surface area contributed by atoms with Gasteiger partial charge in [0.25, 0.3) is 5.91 Å². The first-order chi connectivity index (χ1) is 15.0. The summed E-state index contributed by atoms with van der Waals surface area (Å²) in [7, 11) is -3.01. The standard InChI is InChI=1S/C24H30N2O4S/c27-24(25-21-13-17-31(28,29)18-21)20-6-8-22(9-7-20)30-23-11-15-26(16-12-23)14-10-19-4-2-1-3-5-19/h1-9,21,23H,10-18H2,(H,25,27)/t21-/m1/s1. The van der Waals surface area contributed by atoms with Gasteiger partial charge < -0.3 is 15.0 Å². The molecule has 1 amide bonds. The molecule has 0 spiro atoms. The molecule has 4 rings (SSSR count). The summed E-state index contributed by atoms with van der Waals surface area (Å²) in [5.41, 5.74) is 1.90. The Bertz CT molecular complexity index is 968. The molecule has 2 aliphatic heterocycles. The lowest BCUT2D eigenvalue weighted by Gasteiger charge is -2.32. The van der Waals surface area contributed by atoms with E-state index in [2.05, 4.69) is 34.5 Å². The maximum atomic E-state index is 12.4. The highest BCUT2D eigenvalue weighted by Gasteiger charge is 2.29. The van der Waals surface area contributed by atoms with Gasteiger partial charge in [-0.1, -0.05) is 30.3 Å². The normalized spacial score (nSPS) is 21.6. The van der Waals surface area contributed by atoms with Crippen molar-refractivity contribution in [1.29, 1.82) is 0 Å². The Balaban J connectivity index is 1.20. The van der Waals surface area contributed by atoms with Crippen LogP contribution in [0.5, 0.6) is 5.75 Å². The number of sulfone groups is 1. The van der Waals surface area contributed by atoms with Crippen LogP contribution in [0, 0.1) is 0 Å². The Labute approximate surface area is 184 Å². The van der Waals surface area contributed by atoms with Gasteiger partial charge in [0, 0.05) is 31.2 Å². The Kier molecular flexibility index (Phi) is 6.92. The lowest BCUT2D eigenvalue weighted by atomic mass is 10.1. The maximum absolute atomic E-state index is 12.4. The van der Waals surface area contributed by atoms with Crippen molar-refractivity contribution >= 4 is 15.7 Å². The van der Waals surface area contributed by atoms with E-state index in [1.54, 1.807) is 12.1 Å². The molecule has 2 saturated heterocycles. The number of hydrogen-bond acceptors (Lipinski definition) is 5. The van der Waals surface area contributed by atoms with Gasteiger partial charge in [-0.3, -0.25) is 4.79 Å². The van der Waals surface area contributed by atoms with Crippen LogP contribution in [0.3, 0.4) is 0 Å². The van der Waals surface area contributed by atoms with Gasteiger partial charge in [0.15, 0.2) is 9.84 Å². The molecule has 0 bridgehead atoms. The minimum atomic E-state index is -3.01. The predicted octanol–water partition coefficient (Wildman–Crippen LogP) is 2.69. The summed E-state index contributed by atoms with van der Waals surface area (Å²) in [5, 5.41) is 2.82. The molecule has 1 N–H and O–H groups in total. The zero-order valence-electron chi connectivity index (χ0n) is 17.7. The van der Waals surface area contributed by atoms with Crippen LogP contribution in [0.4, 0.5) is 0 Å². The van der Waals surface area contributed by atoms with Crippen molar-refractivity contribution in [3.63, 3.8) is 0 Å². The van der Waals surface area contributed by atoms with Crippen molar-refractivity contribution < 1.29 is 17.9 Å². The molecule has 166 valence electrons. The smallest absolute Gasteiger partial charge is 0.251 e. The predicted molar refractivity (Wildman–Crippen MR) is 121 cm³/mol. The molecule has 0 aliphatic carbocycles. The lowest BCUT2D eigenvalue weighted by molar-refractivity contribution is 0.0940. The number of carbonyl (C=O) groups excluding carboxylic acids is 1. The van der Waals surface area contributed by atoms with Gasteiger partial charge in [0.2, 0.25) is 0 Å². The van der Waals surface area contributed by atoms with Gasteiger partial charge in [0.1, 0.15) is 11.9 Å². The molecule has 2 aromatic carbocycles. The second kappa shape index (κ2) is 9.83. The number of benzene rings is 2. The second-order valence-electron chi connectivity index (χ2n) is 8.49.